The summed E-state index contributed by atoms with van der Waals surface area (Å²) in [6, 6.07) is 7.50. The Bertz CT molecular complexity index is 1130. The molecule has 10 heteroatoms. The van der Waals surface area contributed by atoms with Crippen LogP contribution >= 0.6 is 11.3 Å². The number of aromatic nitrogens is 3. The van der Waals surface area contributed by atoms with Crippen molar-refractivity contribution in [2.75, 3.05) is 11.9 Å². The molecule has 2 amide bonds. The highest BCUT2D eigenvalue weighted by atomic mass is 32.1. The van der Waals surface area contributed by atoms with Gasteiger partial charge in [-0.25, -0.2) is 18.9 Å². The Hall–Kier alpha value is -3.27. The fourth-order valence-corrected chi connectivity index (χ4v) is 4.12. The van der Waals surface area contributed by atoms with E-state index in [1.807, 2.05) is 20.8 Å². The van der Waals surface area contributed by atoms with Gasteiger partial charge < -0.3 is 9.64 Å². The van der Waals surface area contributed by atoms with E-state index in [2.05, 4.69) is 15.4 Å². The SMILES string of the molecule is CC(C)(C)OC(=O)N1CCc2nc(NC(=O)c3ccn(-c4cccc(F)c4)n3)sc2C1. The largest absolute Gasteiger partial charge is 0.444 e. The van der Waals surface area contributed by atoms with Crippen molar-refractivity contribution in [3.63, 3.8) is 0 Å². The van der Waals surface area contributed by atoms with Crippen molar-refractivity contribution in [2.24, 2.45) is 0 Å². The zero-order chi connectivity index (χ0) is 22.2. The Labute approximate surface area is 182 Å². The summed E-state index contributed by atoms with van der Waals surface area (Å²) >= 11 is 1.33. The van der Waals surface area contributed by atoms with Crippen molar-refractivity contribution < 1.29 is 18.7 Å². The molecule has 0 aliphatic carbocycles. The van der Waals surface area contributed by atoms with Gasteiger partial charge in [-0.2, -0.15) is 5.10 Å². The number of carbonyl (C=O) groups is 2. The second-order valence-electron chi connectivity index (χ2n) is 8.12. The van der Waals surface area contributed by atoms with Gasteiger partial charge in [-0.15, -0.1) is 0 Å². The summed E-state index contributed by atoms with van der Waals surface area (Å²) in [7, 11) is 0. The first-order valence-corrected chi connectivity index (χ1v) is 10.6. The van der Waals surface area contributed by atoms with Crippen molar-refractivity contribution in [3.8, 4) is 5.69 Å². The molecule has 3 heterocycles. The Morgan fingerprint density at radius 3 is 2.81 bits per heavy atom. The number of anilines is 1. The maximum Gasteiger partial charge on any atom is 0.410 e. The highest BCUT2D eigenvalue weighted by Crippen LogP contribution is 2.29. The lowest BCUT2D eigenvalue weighted by Crippen LogP contribution is -2.39. The number of rotatable bonds is 3. The Morgan fingerprint density at radius 1 is 1.26 bits per heavy atom. The molecule has 0 unspecified atom stereocenters. The second-order valence-corrected chi connectivity index (χ2v) is 9.20. The van der Waals surface area contributed by atoms with Gasteiger partial charge in [-0.3, -0.25) is 10.1 Å². The minimum Gasteiger partial charge on any atom is -0.444 e. The van der Waals surface area contributed by atoms with Crippen molar-refractivity contribution in [2.45, 2.75) is 39.3 Å². The highest BCUT2D eigenvalue weighted by Gasteiger charge is 2.28. The highest BCUT2D eigenvalue weighted by molar-refractivity contribution is 7.15. The number of amides is 2. The van der Waals surface area contributed by atoms with Crippen molar-refractivity contribution in [3.05, 3.63) is 58.6 Å². The summed E-state index contributed by atoms with van der Waals surface area (Å²) in [5, 5.41) is 7.42. The number of hydrogen-bond donors (Lipinski definition) is 1. The summed E-state index contributed by atoms with van der Waals surface area (Å²) in [5.74, 6) is -0.793. The van der Waals surface area contributed by atoms with Gasteiger partial charge in [0.2, 0.25) is 0 Å². The Balaban J connectivity index is 1.42. The van der Waals surface area contributed by atoms with Gasteiger partial charge in [-0.05, 0) is 45.0 Å². The predicted octanol–water partition coefficient (Wildman–Crippen LogP) is 4.01. The average molecular weight is 444 g/mol. The van der Waals surface area contributed by atoms with Gasteiger partial charge >= 0.3 is 6.09 Å². The van der Waals surface area contributed by atoms with Crippen LogP contribution in [-0.4, -0.2) is 43.8 Å². The number of thiazole rings is 1. The topological polar surface area (TPSA) is 89.4 Å². The monoisotopic (exact) mass is 443 g/mol. The summed E-state index contributed by atoms with van der Waals surface area (Å²) in [4.78, 5) is 31.9. The lowest BCUT2D eigenvalue weighted by molar-refractivity contribution is 0.0225. The molecule has 3 aromatic rings. The van der Waals surface area contributed by atoms with E-state index in [0.717, 1.165) is 10.6 Å². The van der Waals surface area contributed by atoms with Gasteiger partial charge in [0.1, 0.15) is 11.4 Å². The van der Waals surface area contributed by atoms with E-state index in [1.54, 1.807) is 29.3 Å². The van der Waals surface area contributed by atoms with Crippen molar-refractivity contribution in [1.29, 1.82) is 0 Å². The lowest BCUT2D eigenvalue weighted by atomic mass is 10.2. The molecule has 0 radical (unpaired) electrons. The molecule has 1 N–H and O–H groups in total. The van der Waals surface area contributed by atoms with E-state index in [1.165, 1.54) is 28.2 Å². The Kier molecular flexibility index (Phi) is 5.48. The number of nitrogens with one attached hydrogen (secondary N) is 1. The zero-order valence-corrected chi connectivity index (χ0v) is 18.2. The second kappa shape index (κ2) is 8.10. The first-order valence-electron chi connectivity index (χ1n) is 9.77. The molecule has 0 saturated heterocycles. The van der Waals surface area contributed by atoms with Crippen LogP contribution in [0.25, 0.3) is 5.69 Å². The number of hydrogen-bond acceptors (Lipinski definition) is 6. The fraction of sp³-hybridized carbons (Fsp3) is 0.333. The number of benzene rings is 1. The molecule has 31 heavy (non-hydrogen) atoms. The quantitative estimate of drug-likeness (QED) is 0.661. The maximum absolute atomic E-state index is 13.4. The van der Waals surface area contributed by atoms with Crippen LogP contribution in [-0.2, 0) is 17.7 Å². The first-order chi connectivity index (χ1) is 14.7. The van der Waals surface area contributed by atoms with Crippen molar-refractivity contribution >= 4 is 28.5 Å². The number of ether oxygens (including phenoxy) is 1. The van der Waals surface area contributed by atoms with E-state index >= 15 is 0 Å². The standard InChI is InChI=1S/C21H22FN5O3S/c1-21(2,3)30-20(29)26-9-7-15-17(12-26)31-19(23-15)24-18(28)16-8-10-27(25-16)14-6-4-5-13(22)11-14/h4-6,8,10-11H,7,9,12H2,1-3H3,(H,23,24,28). The molecule has 0 saturated carbocycles. The van der Waals surface area contributed by atoms with Gasteiger partial charge in [0.05, 0.1) is 17.9 Å². The van der Waals surface area contributed by atoms with Crippen LogP contribution in [0.5, 0.6) is 0 Å². The molecule has 2 aromatic heterocycles. The molecule has 1 aliphatic rings. The predicted molar refractivity (Wildman–Crippen MR) is 114 cm³/mol. The van der Waals surface area contributed by atoms with Crippen LogP contribution in [0.15, 0.2) is 36.5 Å². The molecule has 0 fully saturated rings. The molecule has 4 rings (SSSR count). The van der Waals surface area contributed by atoms with Crippen molar-refractivity contribution in [1.82, 2.24) is 19.7 Å². The van der Waals surface area contributed by atoms with E-state index in [-0.39, 0.29) is 17.6 Å². The first kappa shape index (κ1) is 21.0. The summed E-state index contributed by atoms with van der Waals surface area (Å²) < 4.78 is 20.3. The molecule has 0 atom stereocenters. The van der Waals surface area contributed by atoms with Crippen LogP contribution < -0.4 is 5.32 Å². The fourth-order valence-electron chi connectivity index (χ4n) is 3.10. The van der Waals surface area contributed by atoms with Crippen LogP contribution in [0, 0.1) is 5.82 Å². The Morgan fingerprint density at radius 2 is 2.06 bits per heavy atom. The van der Waals surface area contributed by atoms with Gasteiger partial charge in [0.25, 0.3) is 5.91 Å². The average Bonchev–Trinajstić information content (AvgIpc) is 3.33. The minimum atomic E-state index is -0.556. The van der Waals surface area contributed by atoms with Crippen LogP contribution in [0.4, 0.5) is 14.3 Å². The molecular weight excluding hydrogens is 421 g/mol. The number of nitrogens with zero attached hydrogens (tertiary/aromatic N) is 4. The van der Waals surface area contributed by atoms with E-state index in [4.69, 9.17) is 4.74 Å². The molecule has 1 aliphatic heterocycles. The third kappa shape index (κ3) is 4.91. The van der Waals surface area contributed by atoms with E-state index in [0.29, 0.717) is 30.3 Å². The third-order valence-corrected chi connectivity index (χ3v) is 5.50. The number of carbonyl (C=O) groups excluding carboxylic acids is 2. The summed E-state index contributed by atoms with van der Waals surface area (Å²) in [6.07, 6.45) is 1.82. The molecule has 1 aromatic carbocycles. The van der Waals surface area contributed by atoms with Crippen LogP contribution in [0.3, 0.4) is 0 Å². The van der Waals surface area contributed by atoms with Crippen LogP contribution in [0.2, 0.25) is 0 Å². The summed E-state index contributed by atoms with van der Waals surface area (Å²) in [6.45, 7) is 6.39. The van der Waals surface area contributed by atoms with Crippen LogP contribution in [0.1, 0.15) is 41.8 Å². The lowest BCUT2D eigenvalue weighted by Gasteiger charge is -2.29. The van der Waals surface area contributed by atoms with Gasteiger partial charge in [0.15, 0.2) is 10.8 Å². The molecule has 8 nitrogen and oxygen atoms in total. The van der Waals surface area contributed by atoms with E-state index in [9.17, 15) is 14.0 Å². The van der Waals surface area contributed by atoms with Gasteiger partial charge in [0, 0.05) is 24.0 Å². The van der Waals surface area contributed by atoms with Gasteiger partial charge in [-0.1, -0.05) is 17.4 Å². The normalized spacial score (nSPS) is 13.6. The zero-order valence-electron chi connectivity index (χ0n) is 17.4. The minimum absolute atomic E-state index is 0.188. The molecular formula is C21H22FN5O3S. The molecule has 0 bridgehead atoms. The third-order valence-electron chi connectivity index (χ3n) is 4.50. The molecule has 0 spiro atoms. The maximum atomic E-state index is 13.4. The number of halogens is 1. The summed E-state index contributed by atoms with van der Waals surface area (Å²) in [5.41, 5.74) is 1.02. The number of fused-ring (bicyclic) bond motifs is 1. The van der Waals surface area contributed by atoms with E-state index < -0.39 is 11.5 Å². The smallest absolute Gasteiger partial charge is 0.410 e. The molecule has 162 valence electrons.